The molecule has 1 heterocycles. The Bertz CT molecular complexity index is 859. The van der Waals surface area contributed by atoms with Gasteiger partial charge >= 0.3 is 0 Å². The van der Waals surface area contributed by atoms with Crippen LogP contribution in [-0.2, 0) is 9.53 Å². The van der Waals surface area contributed by atoms with Crippen LogP contribution >= 0.6 is 0 Å². The van der Waals surface area contributed by atoms with Crippen LogP contribution in [0.1, 0.15) is 12.5 Å². The van der Waals surface area contributed by atoms with Gasteiger partial charge < -0.3 is 15.4 Å². The number of rotatable bonds is 3. The number of carbonyl (C=O) groups excluding carboxylic acids is 1. The van der Waals surface area contributed by atoms with E-state index in [0.717, 1.165) is 42.6 Å². The number of ether oxygens (including phenoxy) is 1. The van der Waals surface area contributed by atoms with Crippen molar-refractivity contribution in [2.45, 2.75) is 6.92 Å². The number of hydrogen-bond donors (Lipinski definition) is 1. The molecule has 0 bridgehead atoms. The quantitative estimate of drug-likeness (QED) is 0.695. The number of nitriles is 1. The largest absolute Gasteiger partial charge is 0.378 e. The summed E-state index contributed by atoms with van der Waals surface area (Å²) in [6, 6.07) is 14.1. The van der Waals surface area contributed by atoms with Crippen molar-refractivity contribution in [3.8, 4) is 6.07 Å². The minimum atomic E-state index is -0.697. The van der Waals surface area contributed by atoms with E-state index in [9.17, 15) is 4.79 Å². The molecule has 1 aliphatic rings. The summed E-state index contributed by atoms with van der Waals surface area (Å²) in [5.74, 6) is -0.697. The third-order valence-corrected chi connectivity index (χ3v) is 4.37. The molecule has 2 N–H and O–H groups in total. The maximum absolute atomic E-state index is 11.4. The third kappa shape index (κ3) is 3.10. The summed E-state index contributed by atoms with van der Waals surface area (Å²) in [7, 11) is 0. The van der Waals surface area contributed by atoms with E-state index < -0.39 is 5.91 Å². The number of carbonyl (C=O) groups is 1. The number of benzene rings is 2. The molecule has 0 unspecified atom stereocenters. The van der Waals surface area contributed by atoms with Gasteiger partial charge in [0, 0.05) is 18.8 Å². The minimum Gasteiger partial charge on any atom is -0.378 e. The Morgan fingerprint density at radius 2 is 1.83 bits per heavy atom. The lowest BCUT2D eigenvalue weighted by Crippen LogP contribution is -2.36. The number of hydrogen-bond acceptors (Lipinski definition) is 4. The molecule has 0 aliphatic carbocycles. The predicted molar refractivity (Wildman–Crippen MR) is 94.4 cm³/mol. The van der Waals surface area contributed by atoms with Crippen LogP contribution in [0.5, 0.6) is 0 Å². The zero-order valence-corrected chi connectivity index (χ0v) is 13.6. The van der Waals surface area contributed by atoms with Gasteiger partial charge in [0.05, 0.1) is 13.2 Å². The van der Waals surface area contributed by atoms with E-state index in [2.05, 4.69) is 23.1 Å². The molecular weight excluding hydrogens is 302 g/mol. The second kappa shape index (κ2) is 6.73. The average Bonchev–Trinajstić information content (AvgIpc) is 2.61. The number of primary amides is 1. The van der Waals surface area contributed by atoms with Gasteiger partial charge in [-0.2, -0.15) is 5.26 Å². The van der Waals surface area contributed by atoms with Gasteiger partial charge in [0.25, 0.3) is 5.91 Å². The van der Waals surface area contributed by atoms with E-state index in [-0.39, 0.29) is 5.57 Å². The monoisotopic (exact) mass is 321 g/mol. The summed E-state index contributed by atoms with van der Waals surface area (Å²) in [5.41, 5.74) is 7.88. The SMILES string of the molecule is C/C(=C(/C#N)C(N)=O)c1ccc2cc(N3CCOCC3)ccc2c1. The fourth-order valence-electron chi connectivity index (χ4n) is 2.95. The first-order valence-corrected chi connectivity index (χ1v) is 7.88. The lowest BCUT2D eigenvalue weighted by molar-refractivity contribution is -0.114. The normalized spacial score (nSPS) is 15.8. The first kappa shape index (κ1) is 16.0. The van der Waals surface area contributed by atoms with Crippen LogP contribution < -0.4 is 10.6 Å². The lowest BCUT2D eigenvalue weighted by Gasteiger charge is -2.29. The van der Waals surface area contributed by atoms with Crippen molar-refractivity contribution in [1.82, 2.24) is 0 Å². The van der Waals surface area contributed by atoms with Crippen molar-refractivity contribution in [2.75, 3.05) is 31.2 Å². The highest BCUT2D eigenvalue weighted by Crippen LogP contribution is 2.27. The fraction of sp³-hybridized carbons (Fsp3) is 0.263. The standard InChI is InChI=1S/C19H19N3O2/c1-13(18(12-20)19(21)23)14-2-3-16-11-17(5-4-15(16)10-14)22-6-8-24-9-7-22/h2-5,10-11H,6-9H2,1H3,(H2,21,23)/b18-13+. The van der Waals surface area contributed by atoms with E-state index >= 15 is 0 Å². The van der Waals surface area contributed by atoms with E-state index in [1.807, 2.05) is 24.3 Å². The number of allylic oxidation sites excluding steroid dienone is 1. The van der Waals surface area contributed by atoms with Crippen molar-refractivity contribution in [3.05, 3.63) is 47.5 Å². The van der Waals surface area contributed by atoms with Crippen molar-refractivity contribution in [2.24, 2.45) is 5.73 Å². The van der Waals surface area contributed by atoms with Crippen LogP contribution in [0, 0.1) is 11.3 Å². The van der Waals surface area contributed by atoms with E-state index in [0.29, 0.717) is 5.57 Å². The molecule has 2 aromatic carbocycles. The Morgan fingerprint density at radius 3 is 2.50 bits per heavy atom. The van der Waals surface area contributed by atoms with E-state index in [1.165, 1.54) is 5.69 Å². The molecule has 0 aromatic heterocycles. The third-order valence-electron chi connectivity index (χ3n) is 4.37. The number of nitrogens with two attached hydrogens (primary N) is 1. The Hall–Kier alpha value is -2.84. The molecule has 0 spiro atoms. The minimum absolute atomic E-state index is 0.000660. The molecule has 1 aliphatic heterocycles. The first-order valence-electron chi connectivity index (χ1n) is 7.88. The molecule has 1 saturated heterocycles. The zero-order chi connectivity index (χ0) is 17.1. The summed E-state index contributed by atoms with van der Waals surface area (Å²) in [4.78, 5) is 13.7. The molecule has 24 heavy (non-hydrogen) atoms. The molecular formula is C19H19N3O2. The highest BCUT2D eigenvalue weighted by Gasteiger charge is 2.13. The maximum Gasteiger partial charge on any atom is 0.259 e. The molecule has 1 fully saturated rings. The first-order chi connectivity index (χ1) is 11.6. The van der Waals surface area contributed by atoms with Crippen molar-refractivity contribution in [3.63, 3.8) is 0 Å². The average molecular weight is 321 g/mol. The van der Waals surface area contributed by atoms with Gasteiger partial charge in [-0.25, -0.2) is 0 Å². The van der Waals surface area contributed by atoms with Crippen molar-refractivity contribution < 1.29 is 9.53 Å². The van der Waals surface area contributed by atoms with Gasteiger partial charge in [-0.15, -0.1) is 0 Å². The molecule has 0 radical (unpaired) electrons. The summed E-state index contributed by atoms with van der Waals surface area (Å²) in [5, 5.41) is 11.3. The van der Waals surface area contributed by atoms with Crippen LogP contribution in [-0.4, -0.2) is 32.2 Å². The highest BCUT2D eigenvalue weighted by atomic mass is 16.5. The van der Waals surface area contributed by atoms with Gasteiger partial charge in [-0.3, -0.25) is 4.79 Å². The number of fused-ring (bicyclic) bond motifs is 1. The molecule has 0 atom stereocenters. The highest BCUT2D eigenvalue weighted by molar-refractivity contribution is 6.04. The summed E-state index contributed by atoms with van der Waals surface area (Å²) < 4.78 is 5.39. The van der Waals surface area contributed by atoms with Crippen LogP contribution in [0.15, 0.2) is 42.0 Å². The lowest BCUT2D eigenvalue weighted by atomic mass is 9.98. The molecule has 122 valence electrons. The predicted octanol–water partition coefficient (Wildman–Crippen LogP) is 2.46. The molecule has 2 aromatic rings. The van der Waals surface area contributed by atoms with Crippen LogP contribution in [0.2, 0.25) is 0 Å². The van der Waals surface area contributed by atoms with Crippen LogP contribution in [0.25, 0.3) is 16.3 Å². The number of morpholine rings is 1. The Morgan fingerprint density at radius 1 is 1.17 bits per heavy atom. The smallest absolute Gasteiger partial charge is 0.259 e. The van der Waals surface area contributed by atoms with Gasteiger partial charge in [-0.05, 0) is 47.0 Å². The topological polar surface area (TPSA) is 79.3 Å². The number of anilines is 1. The molecule has 3 rings (SSSR count). The van der Waals surface area contributed by atoms with E-state index in [4.69, 9.17) is 15.7 Å². The second-order valence-corrected chi connectivity index (χ2v) is 5.82. The van der Waals surface area contributed by atoms with Crippen molar-refractivity contribution in [1.29, 1.82) is 5.26 Å². The number of amides is 1. The summed E-state index contributed by atoms with van der Waals surface area (Å²) in [6.45, 7) is 5.05. The Balaban J connectivity index is 1.98. The van der Waals surface area contributed by atoms with Crippen LogP contribution in [0.4, 0.5) is 5.69 Å². The molecule has 1 amide bonds. The molecule has 5 heteroatoms. The van der Waals surface area contributed by atoms with Gasteiger partial charge in [0.15, 0.2) is 0 Å². The van der Waals surface area contributed by atoms with Gasteiger partial charge in [0.2, 0.25) is 0 Å². The Labute approximate surface area is 140 Å². The fourth-order valence-corrected chi connectivity index (χ4v) is 2.95. The van der Waals surface area contributed by atoms with Crippen molar-refractivity contribution >= 4 is 27.9 Å². The van der Waals surface area contributed by atoms with Gasteiger partial charge in [0.1, 0.15) is 11.6 Å². The molecule has 5 nitrogen and oxygen atoms in total. The second-order valence-electron chi connectivity index (χ2n) is 5.82. The maximum atomic E-state index is 11.4. The number of nitrogens with zero attached hydrogens (tertiary/aromatic N) is 2. The van der Waals surface area contributed by atoms with Crippen LogP contribution in [0.3, 0.4) is 0 Å². The summed E-state index contributed by atoms with van der Waals surface area (Å²) in [6.07, 6.45) is 0. The molecule has 0 saturated carbocycles. The van der Waals surface area contributed by atoms with E-state index in [1.54, 1.807) is 6.92 Å². The van der Waals surface area contributed by atoms with Gasteiger partial charge in [-0.1, -0.05) is 18.2 Å². The summed E-state index contributed by atoms with van der Waals surface area (Å²) >= 11 is 0. The zero-order valence-electron chi connectivity index (χ0n) is 13.6. The Kier molecular flexibility index (Phi) is 4.50.